The Morgan fingerprint density at radius 2 is 2.26 bits per heavy atom. The summed E-state index contributed by atoms with van der Waals surface area (Å²) in [4.78, 5) is 18.8. The largest absolute Gasteiger partial charge is 0.496 e. The molecular weight excluding hydrogens is 312 g/mol. The van der Waals surface area contributed by atoms with Crippen LogP contribution in [-0.2, 0) is 0 Å². The standard InChI is InChI=1S/C17H20N2O3S/c1-11(20)12-7-8-19(9-12)17(21)14-10-23-16(18-14)13-5-3-4-6-15(13)22-2/h3-6,10-12,20H,7-9H2,1-2H3. The molecule has 1 aliphatic rings. The molecule has 2 aromatic rings. The van der Waals surface area contributed by atoms with Gasteiger partial charge >= 0.3 is 0 Å². The van der Waals surface area contributed by atoms with Crippen molar-refractivity contribution in [3.63, 3.8) is 0 Å². The first kappa shape index (κ1) is 16.0. The zero-order valence-electron chi connectivity index (χ0n) is 13.2. The van der Waals surface area contributed by atoms with Crippen LogP contribution in [0.25, 0.3) is 10.6 Å². The first-order valence-electron chi connectivity index (χ1n) is 7.66. The number of para-hydroxylation sites is 1. The van der Waals surface area contributed by atoms with Gasteiger partial charge in [0.15, 0.2) is 0 Å². The summed E-state index contributed by atoms with van der Waals surface area (Å²) >= 11 is 1.44. The van der Waals surface area contributed by atoms with Gasteiger partial charge in [0.1, 0.15) is 16.5 Å². The Morgan fingerprint density at radius 1 is 1.48 bits per heavy atom. The zero-order chi connectivity index (χ0) is 16.4. The van der Waals surface area contributed by atoms with Gasteiger partial charge in [-0.15, -0.1) is 11.3 Å². The lowest BCUT2D eigenvalue weighted by molar-refractivity contribution is 0.0757. The van der Waals surface area contributed by atoms with Crippen LogP contribution in [0.5, 0.6) is 5.75 Å². The van der Waals surface area contributed by atoms with E-state index in [0.29, 0.717) is 18.8 Å². The van der Waals surface area contributed by atoms with Crippen molar-refractivity contribution >= 4 is 17.2 Å². The summed E-state index contributed by atoms with van der Waals surface area (Å²) in [7, 11) is 1.62. The fraction of sp³-hybridized carbons (Fsp3) is 0.412. The molecule has 1 fully saturated rings. The molecule has 0 bridgehead atoms. The van der Waals surface area contributed by atoms with Gasteiger partial charge in [0.2, 0.25) is 0 Å². The minimum Gasteiger partial charge on any atom is -0.496 e. The van der Waals surface area contributed by atoms with Crippen LogP contribution in [-0.4, -0.2) is 47.2 Å². The maximum Gasteiger partial charge on any atom is 0.273 e. The van der Waals surface area contributed by atoms with Gasteiger partial charge in [0.05, 0.1) is 18.8 Å². The summed E-state index contributed by atoms with van der Waals surface area (Å²) in [5, 5.41) is 12.2. The van der Waals surface area contributed by atoms with Crippen LogP contribution in [0.3, 0.4) is 0 Å². The number of thiazole rings is 1. The molecule has 1 N–H and O–H groups in total. The lowest BCUT2D eigenvalue weighted by atomic mass is 10.0. The minimum atomic E-state index is -0.382. The molecule has 0 spiro atoms. The molecule has 2 unspecified atom stereocenters. The average molecular weight is 332 g/mol. The highest BCUT2D eigenvalue weighted by Gasteiger charge is 2.30. The number of rotatable bonds is 4. The van der Waals surface area contributed by atoms with Crippen molar-refractivity contribution in [2.45, 2.75) is 19.4 Å². The van der Waals surface area contributed by atoms with Crippen LogP contribution in [0.2, 0.25) is 0 Å². The van der Waals surface area contributed by atoms with Crippen LogP contribution >= 0.6 is 11.3 Å². The van der Waals surface area contributed by atoms with Gasteiger partial charge in [-0.3, -0.25) is 4.79 Å². The van der Waals surface area contributed by atoms with Gasteiger partial charge in [-0.1, -0.05) is 12.1 Å². The van der Waals surface area contributed by atoms with E-state index in [2.05, 4.69) is 4.98 Å². The summed E-state index contributed by atoms with van der Waals surface area (Å²) in [6.07, 6.45) is 0.458. The molecule has 23 heavy (non-hydrogen) atoms. The smallest absolute Gasteiger partial charge is 0.273 e. The number of nitrogens with zero attached hydrogens (tertiary/aromatic N) is 2. The molecule has 1 aromatic heterocycles. The Bertz CT molecular complexity index is 699. The van der Waals surface area contributed by atoms with E-state index in [1.807, 2.05) is 24.3 Å². The fourth-order valence-corrected chi connectivity index (χ4v) is 3.67. The van der Waals surface area contributed by atoms with Crippen molar-refractivity contribution in [1.29, 1.82) is 0 Å². The lowest BCUT2D eigenvalue weighted by Gasteiger charge is -2.16. The Morgan fingerprint density at radius 3 is 2.96 bits per heavy atom. The molecule has 122 valence electrons. The lowest BCUT2D eigenvalue weighted by Crippen LogP contribution is -2.30. The Hall–Kier alpha value is -1.92. The SMILES string of the molecule is COc1ccccc1-c1nc(C(=O)N2CCC(C(C)O)C2)cs1. The highest BCUT2D eigenvalue weighted by molar-refractivity contribution is 7.13. The molecule has 3 rings (SSSR count). The quantitative estimate of drug-likeness (QED) is 0.935. The Balaban J connectivity index is 1.78. The molecule has 0 saturated carbocycles. The van der Waals surface area contributed by atoms with Crippen molar-refractivity contribution in [2.24, 2.45) is 5.92 Å². The molecule has 0 aliphatic carbocycles. The van der Waals surface area contributed by atoms with E-state index >= 15 is 0 Å². The van der Waals surface area contributed by atoms with Crippen LogP contribution in [0.15, 0.2) is 29.6 Å². The van der Waals surface area contributed by atoms with Gasteiger partial charge in [-0.25, -0.2) is 4.98 Å². The number of ether oxygens (including phenoxy) is 1. The van der Waals surface area contributed by atoms with Crippen molar-refractivity contribution in [2.75, 3.05) is 20.2 Å². The number of hydrogen-bond acceptors (Lipinski definition) is 5. The molecule has 1 amide bonds. The van der Waals surface area contributed by atoms with Gasteiger partial charge in [-0.2, -0.15) is 0 Å². The normalized spacial score (nSPS) is 18.9. The molecule has 1 saturated heterocycles. The number of carbonyl (C=O) groups is 1. The summed E-state index contributed by atoms with van der Waals surface area (Å²) < 4.78 is 5.35. The van der Waals surface area contributed by atoms with E-state index in [0.717, 1.165) is 22.7 Å². The monoisotopic (exact) mass is 332 g/mol. The molecule has 5 nitrogen and oxygen atoms in total. The number of hydrogen-bond donors (Lipinski definition) is 1. The van der Waals surface area contributed by atoms with Crippen molar-refractivity contribution in [3.05, 3.63) is 35.3 Å². The summed E-state index contributed by atoms with van der Waals surface area (Å²) in [6.45, 7) is 3.05. The van der Waals surface area contributed by atoms with E-state index in [1.54, 1.807) is 24.3 Å². The number of aliphatic hydroxyl groups is 1. The van der Waals surface area contributed by atoms with Crippen molar-refractivity contribution in [3.8, 4) is 16.3 Å². The van der Waals surface area contributed by atoms with Crippen LogP contribution in [0.1, 0.15) is 23.8 Å². The minimum absolute atomic E-state index is 0.0643. The molecule has 1 aliphatic heterocycles. The van der Waals surface area contributed by atoms with Gasteiger partial charge in [0, 0.05) is 24.4 Å². The maximum absolute atomic E-state index is 12.6. The fourth-order valence-electron chi connectivity index (χ4n) is 2.84. The number of benzene rings is 1. The first-order chi connectivity index (χ1) is 11.1. The van der Waals surface area contributed by atoms with Gasteiger partial charge in [0.25, 0.3) is 5.91 Å². The van der Waals surface area contributed by atoms with Crippen LogP contribution < -0.4 is 4.74 Å². The first-order valence-corrected chi connectivity index (χ1v) is 8.54. The predicted molar refractivity (Wildman–Crippen MR) is 89.8 cm³/mol. The highest BCUT2D eigenvalue weighted by Crippen LogP contribution is 2.32. The third-order valence-electron chi connectivity index (χ3n) is 4.25. The van der Waals surface area contributed by atoms with Crippen molar-refractivity contribution < 1.29 is 14.6 Å². The number of methoxy groups -OCH3 is 1. The second-order valence-electron chi connectivity index (χ2n) is 5.78. The predicted octanol–water partition coefficient (Wildman–Crippen LogP) is 2.66. The Labute approximate surface area is 139 Å². The molecule has 1 aromatic carbocycles. The average Bonchev–Trinajstić information content (AvgIpc) is 3.23. The number of aromatic nitrogens is 1. The summed E-state index contributed by atoms with van der Waals surface area (Å²) in [5.41, 5.74) is 1.35. The third-order valence-corrected chi connectivity index (χ3v) is 5.13. The second-order valence-corrected chi connectivity index (χ2v) is 6.64. The number of aliphatic hydroxyl groups excluding tert-OH is 1. The van der Waals surface area contributed by atoms with Crippen LogP contribution in [0, 0.1) is 5.92 Å². The van der Waals surface area contributed by atoms with E-state index in [-0.39, 0.29) is 17.9 Å². The molecule has 2 heterocycles. The highest BCUT2D eigenvalue weighted by atomic mass is 32.1. The zero-order valence-corrected chi connectivity index (χ0v) is 14.0. The molecular formula is C17H20N2O3S. The maximum atomic E-state index is 12.6. The summed E-state index contributed by atoms with van der Waals surface area (Å²) in [6, 6.07) is 7.65. The van der Waals surface area contributed by atoms with Crippen LogP contribution in [0.4, 0.5) is 0 Å². The molecule has 0 radical (unpaired) electrons. The number of amides is 1. The third kappa shape index (κ3) is 3.23. The Kier molecular flexibility index (Phi) is 4.63. The van der Waals surface area contributed by atoms with Gasteiger partial charge in [-0.05, 0) is 25.5 Å². The van der Waals surface area contributed by atoms with E-state index in [1.165, 1.54) is 11.3 Å². The van der Waals surface area contributed by atoms with Gasteiger partial charge < -0.3 is 14.7 Å². The van der Waals surface area contributed by atoms with Crippen molar-refractivity contribution in [1.82, 2.24) is 9.88 Å². The molecule has 6 heteroatoms. The number of carbonyl (C=O) groups excluding carboxylic acids is 1. The van der Waals surface area contributed by atoms with E-state index < -0.39 is 0 Å². The van der Waals surface area contributed by atoms with E-state index in [9.17, 15) is 9.90 Å². The molecule has 2 atom stereocenters. The van der Waals surface area contributed by atoms with E-state index in [4.69, 9.17) is 4.74 Å². The second kappa shape index (κ2) is 6.68. The number of likely N-dealkylation sites (tertiary alicyclic amines) is 1. The topological polar surface area (TPSA) is 62.7 Å². The summed E-state index contributed by atoms with van der Waals surface area (Å²) in [5.74, 6) is 0.841.